The molecule has 2 aromatic rings. The van der Waals surface area contributed by atoms with Crippen molar-refractivity contribution in [2.45, 2.75) is 38.7 Å². The van der Waals surface area contributed by atoms with Crippen molar-refractivity contribution >= 4 is 11.4 Å². The number of non-ortho nitro benzene ring substituents is 1. The minimum absolute atomic E-state index is 0.0612. The molecule has 0 radical (unpaired) electrons. The lowest BCUT2D eigenvalue weighted by Gasteiger charge is -2.11. The molecule has 3 rings (SSSR count). The van der Waals surface area contributed by atoms with Crippen LogP contribution in [0.1, 0.15) is 48.8 Å². The molecule has 1 saturated carbocycles. The molecule has 0 unspecified atom stereocenters. The van der Waals surface area contributed by atoms with Gasteiger partial charge in [-0.2, -0.15) is 0 Å². The average molecular weight is 368 g/mol. The van der Waals surface area contributed by atoms with E-state index in [4.69, 9.17) is 4.84 Å². The second kappa shape index (κ2) is 8.77. The molecule has 1 aliphatic rings. The molecule has 1 fully saturated rings. The van der Waals surface area contributed by atoms with Gasteiger partial charge in [-0.15, -0.1) is 0 Å². The Balaban J connectivity index is 1.55. The van der Waals surface area contributed by atoms with Gasteiger partial charge in [0.2, 0.25) is 0 Å². The van der Waals surface area contributed by atoms with Crippen molar-refractivity contribution in [2.24, 2.45) is 11.1 Å². The summed E-state index contributed by atoms with van der Waals surface area (Å²) in [6.45, 7) is 2.44. The molecule has 0 bridgehead atoms. The van der Waals surface area contributed by atoms with Crippen LogP contribution < -0.4 is 0 Å². The summed E-state index contributed by atoms with van der Waals surface area (Å²) in [5.74, 6) is 0.970. The van der Waals surface area contributed by atoms with Crippen molar-refractivity contribution in [1.82, 2.24) is 0 Å². The number of hydrogen-bond donors (Lipinski definition) is 1. The van der Waals surface area contributed by atoms with E-state index in [2.05, 4.69) is 29.4 Å². The number of nitro benzene ring substituents is 1. The standard InChI is InChI=1S/C21H24N2O4/c1-15(22-27-14-16-3-10-21(11-4-16)23(25)26)18-6-8-19(9-7-18)20-5-2-17(12-20)13-24/h3-4,6-11,17,20,24H,2,5,12-14H2,1H3/b22-15+/t17-,20+/m0/s1. The van der Waals surface area contributed by atoms with Gasteiger partial charge in [-0.1, -0.05) is 29.4 Å². The predicted octanol–water partition coefficient (Wildman–Crippen LogP) is 4.41. The van der Waals surface area contributed by atoms with Gasteiger partial charge in [0.15, 0.2) is 0 Å². The summed E-state index contributed by atoms with van der Waals surface area (Å²) in [5.41, 5.74) is 3.98. The SMILES string of the molecule is C/C(=N\OCc1ccc([N+](=O)[O-])cc1)c1ccc([C@@H]2CC[C@H](CO)C2)cc1. The zero-order valence-corrected chi connectivity index (χ0v) is 15.4. The normalized spacial score (nSPS) is 19.9. The van der Waals surface area contributed by atoms with E-state index in [-0.39, 0.29) is 18.9 Å². The van der Waals surface area contributed by atoms with Gasteiger partial charge in [0, 0.05) is 18.7 Å². The first kappa shape index (κ1) is 19.0. The highest BCUT2D eigenvalue weighted by Gasteiger charge is 2.25. The lowest BCUT2D eigenvalue weighted by atomic mass is 9.95. The summed E-state index contributed by atoms with van der Waals surface area (Å²) in [7, 11) is 0. The van der Waals surface area contributed by atoms with Gasteiger partial charge in [0.1, 0.15) is 6.61 Å². The Hall–Kier alpha value is -2.73. The van der Waals surface area contributed by atoms with Gasteiger partial charge >= 0.3 is 0 Å². The van der Waals surface area contributed by atoms with E-state index in [1.165, 1.54) is 17.7 Å². The zero-order chi connectivity index (χ0) is 19.2. The van der Waals surface area contributed by atoms with E-state index >= 15 is 0 Å². The smallest absolute Gasteiger partial charge is 0.269 e. The molecule has 0 aliphatic heterocycles. The zero-order valence-electron chi connectivity index (χ0n) is 15.4. The molecule has 142 valence electrons. The lowest BCUT2D eigenvalue weighted by molar-refractivity contribution is -0.384. The third-order valence-corrected chi connectivity index (χ3v) is 5.18. The van der Waals surface area contributed by atoms with E-state index in [1.807, 2.05) is 6.92 Å². The first-order valence-corrected chi connectivity index (χ1v) is 9.18. The fraction of sp³-hybridized carbons (Fsp3) is 0.381. The topological polar surface area (TPSA) is 85.0 Å². The fourth-order valence-electron chi connectivity index (χ4n) is 3.51. The summed E-state index contributed by atoms with van der Waals surface area (Å²) in [5, 5.41) is 24.1. The molecule has 2 aromatic carbocycles. The molecule has 6 heteroatoms. The first-order valence-electron chi connectivity index (χ1n) is 9.18. The van der Waals surface area contributed by atoms with Crippen LogP contribution in [0.3, 0.4) is 0 Å². The number of nitrogens with zero attached hydrogens (tertiary/aromatic N) is 2. The average Bonchev–Trinajstić information content (AvgIpc) is 3.18. The van der Waals surface area contributed by atoms with Crippen LogP contribution in [-0.2, 0) is 11.4 Å². The van der Waals surface area contributed by atoms with Gasteiger partial charge in [0.25, 0.3) is 5.69 Å². The predicted molar refractivity (Wildman–Crippen MR) is 104 cm³/mol. The van der Waals surface area contributed by atoms with E-state index in [9.17, 15) is 15.2 Å². The minimum atomic E-state index is -0.424. The van der Waals surface area contributed by atoms with Crippen molar-refractivity contribution in [2.75, 3.05) is 6.61 Å². The van der Waals surface area contributed by atoms with Crippen LogP contribution in [0.25, 0.3) is 0 Å². The Kier molecular flexibility index (Phi) is 6.19. The Morgan fingerprint density at radius 1 is 1.19 bits per heavy atom. The van der Waals surface area contributed by atoms with Crippen LogP contribution in [0.15, 0.2) is 53.7 Å². The maximum absolute atomic E-state index is 10.7. The molecular weight excluding hydrogens is 344 g/mol. The van der Waals surface area contributed by atoms with Crippen molar-refractivity contribution in [1.29, 1.82) is 0 Å². The maximum atomic E-state index is 10.7. The molecule has 1 aliphatic carbocycles. The molecule has 0 aromatic heterocycles. The van der Waals surface area contributed by atoms with Gasteiger partial charge in [-0.05, 0) is 66.8 Å². The number of rotatable bonds is 7. The molecule has 2 atom stereocenters. The van der Waals surface area contributed by atoms with E-state index < -0.39 is 4.92 Å². The summed E-state index contributed by atoms with van der Waals surface area (Å²) in [6.07, 6.45) is 3.29. The number of oxime groups is 1. The quantitative estimate of drug-likeness (QED) is 0.445. The molecule has 0 spiro atoms. The Labute approximate surface area is 158 Å². The Bertz CT molecular complexity index is 800. The van der Waals surface area contributed by atoms with Gasteiger partial charge in [-0.25, -0.2) is 0 Å². The number of hydrogen-bond acceptors (Lipinski definition) is 5. The highest BCUT2D eigenvalue weighted by atomic mass is 16.6. The van der Waals surface area contributed by atoms with Crippen LogP contribution in [0.5, 0.6) is 0 Å². The van der Waals surface area contributed by atoms with E-state index in [0.29, 0.717) is 11.8 Å². The Morgan fingerprint density at radius 2 is 1.89 bits per heavy atom. The number of aliphatic hydroxyl groups excluding tert-OH is 1. The van der Waals surface area contributed by atoms with Crippen molar-refractivity contribution in [3.63, 3.8) is 0 Å². The molecule has 1 N–H and O–H groups in total. The number of aliphatic hydroxyl groups is 1. The van der Waals surface area contributed by atoms with Crippen LogP contribution in [0.4, 0.5) is 5.69 Å². The lowest BCUT2D eigenvalue weighted by Crippen LogP contribution is -2.01. The van der Waals surface area contributed by atoms with Crippen LogP contribution in [0, 0.1) is 16.0 Å². The van der Waals surface area contributed by atoms with Crippen LogP contribution in [0.2, 0.25) is 0 Å². The second-order valence-corrected chi connectivity index (χ2v) is 7.05. The molecule has 0 heterocycles. The molecule has 6 nitrogen and oxygen atoms in total. The highest BCUT2D eigenvalue weighted by Crippen LogP contribution is 2.37. The third kappa shape index (κ3) is 4.92. The van der Waals surface area contributed by atoms with E-state index in [0.717, 1.165) is 36.1 Å². The molecule has 0 amide bonds. The van der Waals surface area contributed by atoms with E-state index in [1.54, 1.807) is 12.1 Å². The first-order chi connectivity index (χ1) is 13.1. The largest absolute Gasteiger partial charge is 0.396 e. The van der Waals surface area contributed by atoms with Crippen LogP contribution >= 0.6 is 0 Å². The summed E-state index contributed by atoms with van der Waals surface area (Å²) in [6, 6.07) is 14.6. The maximum Gasteiger partial charge on any atom is 0.269 e. The molecular formula is C21H24N2O4. The van der Waals surface area contributed by atoms with Gasteiger partial charge < -0.3 is 9.94 Å². The second-order valence-electron chi connectivity index (χ2n) is 7.05. The minimum Gasteiger partial charge on any atom is -0.396 e. The van der Waals surface area contributed by atoms with Gasteiger partial charge in [0.05, 0.1) is 10.6 Å². The van der Waals surface area contributed by atoms with Crippen LogP contribution in [-0.4, -0.2) is 22.3 Å². The van der Waals surface area contributed by atoms with Crippen molar-refractivity contribution in [3.05, 3.63) is 75.3 Å². The van der Waals surface area contributed by atoms with Crippen molar-refractivity contribution in [3.8, 4) is 0 Å². The Morgan fingerprint density at radius 3 is 2.48 bits per heavy atom. The third-order valence-electron chi connectivity index (χ3n) is 5.18. The monoisotopic (exact) mass is 368 g/mol. The summed E-state index contributed by atoms with van der Waals surface area (Å²) >= 11 is 0. The van der Waals surface area contributed by atoms with Gasteiger partial charge in [-0.3, -0.25) is 10.1 Å². The number of benzene rings is 2. The summed E-state index contributed by atoms with van der Waals surface area (Å²) < 4.78 is 0. The van der Waals surface area contributed by atoms with Crippen molar-refractivity contribution < 1.29 is 14.9 Å². The molecule has 27 heavy (non-hydrogen) atoms. The summed E-state index contributed by atoms with van der Waals surface area (Å²) in [4.78, 5) is 15.6. The number of nitro groups is 1. The molecule has 0 saturated heterocycles. The highest BCUT2D eigenvalue weighted by molar-refractivity contribution is 5.98. The fourth-order valence-corrected chi connectivity index (χ4v) is 3.51.